The topological polar surface area (TPSA) is 21.3 Å². The Morgan fingerprint density at radius 1 is 0.296 bits per heavy atom. The van der Waals surface area contributed by atoms with E-state index in [4.69, 9.17) is 4.42 Å². The van der Waals surface area contributed by atoms with Gasteiger partial charge in [0.1, 0.15) is 11.2 Å². The first kappa shape index (κ1) is 40.6. The van der Waals surface area contributed by atoms with Crippen LogP contribution in [0.5, 0.6) is 0 Å². The summed E-state index contributed by atoms with van der Waals surface area (Å²) in [4.78, 5) is 2.36. The molecule has 12 aromatic carbocycles. The second-order valence-corrected chi connectivity index (χ2v) is 18.5. The van der Waals surface area contributed by atoms with Gasteiger partial charge >= 0.3 is 0 Å². The Hall–Kier alpha value is -9.44. The Labute approximate surface area is 411 Å². The van der Waals surface area contributed by atoms with Crippen LogP contribution in [0.25, 0.3) is 115 Å². The van der Waals surface area contributed by atoms with Crippen molar-refractivity contribution < 1.29 is 4.42 Å². The van der Waals surface area contributed by atoms with Crippen LogP contribution in [0.2, 0.25) is 0 Å². The average Bonchev–Trinajstić information content (AvgIpc) is 4.00. The highest BCUT2D eigenvalue weighted by Gasteiger charge is 2.18. The molecule has 0 saturated heterocycles. The maximum Gasteiger partial charge on any atom is 0.143 e. The molecule has 14 aromatic rings. The van der Waals surface area contributed by atoms with Crippen LogP contribution in [-0.2, 0) is 0 Å². The Morgan fingerprint density at radius 3 is 1.46 bits per heavy atom. The van der Waals surface area contributed by atoms with Gasteiger partial charge in [0.05, 0.1) is 11.0 Å². The van der Waals surface area contributed by atoms with E-state index in [1.165, 1.54) is 60.2 Å². The van der Waals surface area contributed by atoms with Crippen molar-refractivity contribution in [3.05, 3.63) is 267 Å². The van der Waals surface area contributed by atoms with Crippen LogP contribution in [0.4, 0.5) is 17.1 Å². The third-order valence-electron chi connectivity index (χ3n) is 14.4. The first-order chi connectivity index (χ1) is 35.2. The van der Waals surface area contributed by atoms with Gasteiger partial charge in [0, 0.05) is 49.7 Å². The molecule has 0 amide bonds. The molecular formula is C68H44N2O. The number of anilines is 3. The predicted molar refractivity (Wildman–Crippen MR) is 299 cm³/mol. The number of rotatable bonds is 8. The zero-order valence-electron chi connectivity index (χ0n) is 38.7. The van der Waals surface area contributed by atoms with Crippen molar-refractivity contribution in [2.75, 3.05) is 4.90 Å². The van der Waals surface area contributed by atoms with E-state index < -0.39 is 0 Å². The van der Waals surface area contributed by atoms with Gasteiger partial charge in [0.25, 0.3) is 0 Å². The molecule has 0 fully saturated rings. The van der Waals surface area contributed by atoms with Gasteiger partial charge in [-0.25, -0.2) is 0 Å². The Balaban J connectivity index is 0.840. The van der Waals surface area contributed by atoms with Crippen LogP contribution in [0.1, 0.15) is 0 Å². The van der Waals surface area contributed by atoms with E-state index in [0.29, 0.717) is 0 Å². The molecule has 0 aliphatic rings. The molecule has 0 radical (unpaired) electrons. The minimum atomic E-state index is 0.892. The van der Waals surface area contributed by atoms with E-state index in [1.807, 2.05) is 0 Å². The van der Waals surface area contributed by atoms with Crippen LogP contribution in [0, 0.1) is 0 Å². The molecule has 0 aliphatic heterocycles. The molecule has 0 saturated carbocycles. The predicted octanol–water partition coefficient (Wildman–Crippen LogP) is 19.1. The third kappa shape index (κ3) is 6.97. The third-order valence-corrected chi connectivity index (χ3v) is 14.4. The highest BCUT2D eigenvalue weighted by atomic mass is 16.3. The van der Waals surface area contributed by atoms with Gasteiger partial charge in [0.15, 0.2) is 0 Å². The maximum absolute atomic E-state index is 6.58. The fourth-order valence-corrected chi connectivity index (χ4v) is 10.9. The molecule has 2 heterocycles. The smallest absolute Gasteiger partial charge is 0.143 e. The van der Waals surface area contributed by atoms with Crippen molar-refractivity contribution in [3.8, 4) is 50.2 Å². The zero-order valence-corrected chi connectivity index (χ0v) is 38.7. The Morgan fingerprint density at radius 2 is 0.789 bits per heavy atom. The second-order valence-electron chi connectivity index (χ2n) is 18.5. The van der Waals surface area contributed by atoms with Crippen LogP contribution in [0.15, 0.2) is 271 Å². The molecule has 3 nitrogen and oxygen atoms in total. The fraction of sp³-hybridized carbons (Fsp3) is 0. The summed E-state index contributed by atoms with van der Waals surface area (Å²) in [6.45, 7) is 0. The molecule has 0 bridgehead atoms. The Bertz CT molecular complexity index is 4280. The van der Waals surface area contributed by atoms with E-state index >= 15 is 0 Å². The normalized spacial score (nSPS) is 11.7. The molecule has 332 valence electrons. The number of nitrogens with zero attached hydrogens (tertiary/aromatic N) is 2. The quantitative estimate of drug-likeness (QED) is 0.151. The molecule has 0 atom stereocenters. The van der Waals surface area contributed by atoms with Crippen molar-refractivity contribution in [1.82, 2.24) is 4.57 Å². The molecule has 0 aliphatic carbocycles. The van der Waals surface area contributed by atoms with Gasteiger partial charge in [-0.15, -0.1) is 0 Å². The monoisotopic (exact) mass is 904 g/mol. The Kier molecular flexibility index (Phi) is 9.53. The number of hydrogen-bond donors (Lipinski definition) is 0. The summed E-state index contributed by atoms with van der Waals surface area (Å²) in [5, 5.41) is 9.58. The number of fused-ring (bicyclic) bond motifs is 9. The van der Waals surface area contributed by atoms with Crippen LogP contribution < -0.4 is 4.90 Å². The van der Waals surface area contributed by atoms with Crippen LogP contribution in [-0.4, -0.2) is 4.57 Å². The van der Waals surface area contributed by atoms with Gasteiger partial charge in [-0.1, -0.05) is 182 Å². The van der Waals surface area contributed by atoms with E-state index in [9.17, 15) is 0 Å². The summed E-state index contributed by atoms with van der Waals surface area (Å²) in [6.07, 6.45) is 0. The summed E-state index contributed by atoms with van der Waals surface area (Å²) in [7, 11) is 0. The first-order valence-corrected chi connectivity index (χ1v) is 24.3. The van der Waals surface area contributed by atoms with Crippen molar-refractivity contribution in [2.24, 2.45) is 0 Å². The summed E-state index contributed by atoms with van der Waals surface area (Å²) >= 11 is 0. The van der Waals surface area contributed by atoms with E-state index in [1.54, 1.807) is 0 Å². The molecule has 0 spiro atoms. The van der Waals surface area contributed by atoms with Crippen molar-refractivity contribution in [2.45, 2.75) is 0 Å². The lowest BCUT2D eigenvalue weighted by molar-refractivity contribution is 0.673. The molecule has 2 aromatic heterocycles. The molecule has 0 unspecified atom stereocenters. The van der Waals surface area contributed by atoms with E-state index in [-0.39, 0.29) is 0 Å². The number of hydrogen-bond acceptors (Lipinski definition) is 2. The second kappa shape index (κ2) is 16.7. The van der Waals surface area contributed by atoms with Gasteiger partial charge in [-0.05, 0) is 146 Å². The van der Waals surface area contributed by atoms with Gasteiger partial charge < -0.3 is 13.9 Å². The maximum atomic E-state index is 6.58. The molecule has 14 rings (SSSR count). The fourth-order valence-electron chi connectivity index (χ4n) is 10.9. The standard InChI is InChI=1S/C68H44N2O/c1-2-14-50-43-54(27-26-45(50)12-1)52-16-9-15-51(42-52)46-28-35-55(36-29-46)69(57-39-32-49(33-40-57)59-22-11-25-66-67(59)63-41-34-48-13-3-4-19-60(48)68(63)71-66)56-37-30-47(31-38-56)53-17-10-18-58(44-53)70-64-23-7-5-20-61(64)62-21-6-8-24-65(62)70/h1-44H. The minimum Gasteiger partial charge on any atom is -0.455 e. The highest BCUT2D eigenvalue weighted by molar-refractivity contribution is 6.19. The number of furan rings is 1. The zero-order chi connectivity index (χ0) is 46.8. The summed E-state index contributed by atoms with van der Waals surface area (Å²) in [5.41, 5.74) is 17.9. The van der Waals surface area contributed by atoms with E-state index in [2.05, 4.69) is 276 Å². The molecule has 71 heavy (non-hydrogen) atoms. The average molecular weight is 905 g/mol. The summed E-state index contributed by atoms with van der Waals surface area (Å²) in [6, 6.07) is 96.7. The minimum absolute atomic E-state index is 0.892. The largest absolute Gasteiger partial charge is 0.455 e. The SMILES string of the molecule is c1cc(-c2ccc(N(c3ccc(-c4cccc(-n5c6ccccc6c6ccccc65)c4)cc3)c3ccc(-c4cccc5oc6c7ccccc7ccc6c45)cc3)cc2)cc(-c2ccc3ccccc3c2)c1. The highest BCUT2D eigenvalue weighted by Crippen LogP contribution is 2.43. The summed E-state index contributed by atoms with van der Waals surface area (Å²) < 4.78 is 8.97. The van der Waals surface area contributed by atoms with E-state index in [0.717, 1.165) is 72.3 Å². The van der Waals surface area contributed by atoms with Crippen molar-refractivity contribution >= 4 is 82.4 Å². The lowest BCUT2D eigenvalue weighted by Crippen LogP contribution is -2.09. The van der Waals surface area contributed by atoms with Gasteiger partial charge in [0.2, 0.25) is 0 Å². The van der Waals surface area contributed by atoms with Crippen LogP contribution >= 0.6 is 0 Å². The van der Waals surface area contributed by atoms with Crippen molar-refractivity contribution in [3.63, 3.8) is 0 Å². The molecular weight excluding hydrogens is 861 g/mol. The molecule has 3 heteroatoms. The summed E-state index contributed by atoms with van der Waals surface area (Å²) in [5.74, 6) is 0. The number of aromatic nitrogens is 1. The molecule has 0 N–H and O–H groups in total. The van der Waals surface area contributed by atoms with Gasteiger partial charge in [-0.3, -0.25) is 0 Å². The van der Waals surface area contributed by atoms with Crippen molar-refractivity contribution in [1.29, 1.82) is 0 Å². The lowest BCUT2D eigenvalue weighted by atomic mass is 9.97. The van der Waals surface area contributed by atoms with Gasteiger partial charge in [-0.2, -0.15) is 0 Å². The first-order valence-electron chi connectivity index (χ1n) is 24.3. The lowest BCUT2D eigenvalue weighted by Gasteiger charge is -2.26. The number of benzene rings is 12. The number of para-hydroxylation sites is 2. The van der Waals surface area contributed by atoms with Crippen LogP contribution in [0.3, 0.4) is 0 Å².